The Hall–Kier alpha value is -0.390. The fraction of sp³-hybridized carbons (Fsp3) is 0.667. The highest BCUT2D eigenvalue weighted by atomic mass is 35.5. The van der Waals surface area contributed by atoms with Gasteiger partial charge in [-0.15, -0.1) is 0 Å². The van der Waals surface area contributed by atoms with Crippen molar-refractivity contribution >= 4 is 22.4 Å². The monoisotopic (exact) mass is 249 g/mol. The average Bonchev–Trinajstić information content (AvgIpc) is 2.42. The van der Waals surface area contributed by atoms with Gasteiger partial charge in [-0.3, -0.25) is 8.89 Å². The van der Waals surface area contributed by atoms with Crippen LogP contribution in [0.2, 0.25) is 5.02 Å². The molecule has 0 aliphatic rings. The molecule has 0 aliphatic heterocycles. The van der Waals surface area contributed by atoms with Crippen molar-refractivity contribution in [2.75, 3.05) is 12.3 Å². The lowest BCUT2D eigenvalue weighted by Gasteiger charge is -2.02. The number of aromatic nitrogens is 2. The topological polar surface area (TPSA) is 60.9 Å². The third-order valence-electron chi connectivity index (χ3n) is 2.14. The normalized spacial score (nSPS) is 13.1. The van der Waals surface area contributed by atoms with Crippen molar-refractivity contribution in [2.45, 2.75) is 19.1 Å². The van der Waals surface area contributed by atoms with Crippen molar-refractivity contribution in [3.8, 4) is 0 Å². The Morgan fingerprint density at radius 1 is 1.60 bits per heavy atom. The summed E-state index contributed by atoms with van der Waals surface area (Å²) >= 11 is 6.05. The number of nitrogens with zero attached hydrogens (tertiary/aromatic N) is 2. The fourth-order valence-corrected chi connectivity index (χ4v) is 2.88. The Labute approximate surface area is 97.2 Å². The summed E-state index contributed by atoms with van der Waals surface area (Å²) in [4.78, 5) is 0. The molecule has 0 saturated heterocycles. The van der Waals surface area contributed by atoms with E-state index >= 15 is 0 Å². The molecule has 1 atom stereocenters. The molecular formula is C9H16ClN3OS. The number of nitrogens with two attached hydrogens (primary N) is 1. The van der Waals surface area contributed by atoms with Gasteiger partial charge >= 0.3 is 0 Å². The SMILES string of the molecule is Cc1nn(C)c(CS(=O)CCCN)c1Cl. The van der Waals surface area contributed by atoms with Crippen LogP contribution in [0.4, 0.5) is 0 Å². The van der Waals surface area contributed by atoms with Crippen molar-refractivity contribution in [2.24, 2.45) is 12.8 Å². The minimum Gasteiger partial charge on any atom is -0.330 e. The zero-order chi connectivity index (χ0) is 11.4. The van der Waals surface area contributed by atoms with Gasteiger partial charge in [0.15, 0.2) is 0 Å². The minimum atomic E-state index is -0.903. The molecule has 15 heavy (non-hydrogen) atoms. The lowest BCUT2D eigenvalue weighted by molar-refractivity contribution is 0.673. The summed E-state index contributed by atoms with van der Waals surface area (Å²) in [7, 11) is 0.910. The summed E-state index contributed by atoms with van der Waals surface area (Å²) in [5.41, 5.74) is 6.98. The first-order chi connectivity index (χ1) is 7.06. The van der Waals surface area contributed by atoms with Gasteiger partial charge in [-0.05, 0) is 19.9 Å². The third-order valence-corrected chi connectivity index (χ3v) is 3.97. The van der Waals surface area contributed by atoms with Crippen molar-refractivity contribution in [3.05, 3.63) is 16.4 Å². The van der Waals surface area contributed by atoms with E-state index in [1.165, 1.54) is 0 Å². The number of hydrogen-bond donors (Lipinski definition) is 1. The second-order valence-corrected chi connectivity index (χ2v) is 5.35. The molecule has 1 heterocycles. The molecule has 0 bridgehead atoms. The smallest absolute Gasteiger partial charge is 0.0856 e. The van der Waals surface area contributed by atoms with Crippen molar-refractivity contribution in [1.29, 1.82) is 0 Å². The summed E-state index contributed by atoms with van der Waals surface area (Å²) in [6.07, 6.45) is 0.779. The predicted octanol–water partition coefficient (Wildman–Crippen LogP) is 0.979. The largest absolute Gasteiger partial charge is 0.330 e. The van der Waals surface area contributed by atoms with E-state index in [-0.39, 0.29) is 0 Å². The van der Waals surface area contributed by atoms with Crippen LogP contribution in [-0.2, 0) is 23.6 Å². The first-order valence-corrected chi connectivity index (χ1v) is 6.66. The zero-order valence-corrected chi connectivity index (χ0v) is 10.6. The van der Waals surface area contributed by atoms with Gasteiger partial charge in [-0.25, -0.2) is 0 Å². The van der Waals surface area contributed by atoms with Gasteiger partial charge in [0.1, 0.15) is 0 Å². The lowest BCUT2D eigenvalue weighted by atomic mass is 10.4. The fourth-order valence-electron chi connectivity index (χ4n) is 1.31. The van der Waals surface area contributed by atoms with E-state index in [1.807, 2.05) is 14.0 Å². The van der Waals surface area contributed by atoms with Crippen LogP contribution in [0.3, 0.4) is 0 Å². The van der Waals surface area contributed by atoms with Crippen LogP contribution in [0, 0.1) is 6.92 Å². The highest BCUT2D eigenvalue weighted by molar-refractivity contribution is 7.84. The first kappa shape index (κ1) is 12.7. The van der Waals surface area contributed by atoms with Crippen LogP contribution in [-0.4, -0.2) is 26.3 Å². The third kappa shape index (κ3) is 3.29. The number of hydrogen-bond acceptors (Lipinski definition) is 3. The zero-order valence-electron chi connectivity index (χ0n) is 8.99. The summed E-state index contributed by atoms with van der Waals surface area (Å²) < 4.78 is 13.3. The van der Waals surface area contributed by atoms with Gasteiger partial charge in [0, 0.05) is 23.6 Å². The Bertz CT molecular complexity index is 364. The van der Waals surface area contributed by atoms with Gasteiger partial charge in [-0.1, -0.05) is 11.6 Å². The average molecular weight is 250 g/mol. The Balaban J connectivity index is 2.68. The maximum atomic E-state index is 11.6. The standard InChI is InChI=1S/C9H16ClN3OS/c1-7-9(10)8(13(2)12-7)6-15(14)5-3-4-11/h3-6,11H2,1-2H3. The van der Waals surface area contributed by atoms with E-state index < -0.39 is 10.8 Å². The first-order valence-electron chi connectivity index (χ1n) is 4.79. The van der Waals surface area contributed by atoms with E-state index in [1.54, 1.807) is 4.68 Å². The van der Waals surface area contributed by atoms with E-state index in [0.29, 0.717) is 23.1 Å². The van der Waals surface area contributed by atoms with Gasteiger partial charge in [-0.2, -0.15) is 5.10 Å². The molecule has 0 aromatic carbocycles. The predicted molar refractivity (Wildman–Crippen MR) is 63.3 cm³/mol. The molecule has 1 aromatic heterocycles. The second kappa shape index (κ2) is 5.63. The Kier molecular flexibility index (Phi) is 4.76. The second-order valence-electron chi connectivity index (χ2n) is 3.40. The number of aryl methyl sites for hydroxylation is 2. The van der Waals surface area contributed by atoms with Crippen molar-refractivity contribution in [1.82, 2.24) is 9.78 Å². The summed E-state index contributed by atoms with van der Waals surface area (Å²) in [5, 5.41) is 4.79. The van der Waals surface area contributed by atoms with Gasteiger partial charge in [0.05, 0.1) is 22.2 Å². The minimum absolute atomic E-state index is 0.455. The van der Waals surface area contributed by atoms with Gasteiger partial charge < -0.3 is 5.73 Å². The van der Waals surface area contributed by atoms with Crippen LogP contribution in [0.1, 0.15) is 17.8 Å². The maximum Gasteiger partial charge on any atom is 0.0856 e. The van der Waals surface area contributed by atoms with E-state index in [9.17, 15) is 4.21 Å². The van der Waals surface area contributed by atoms with Crippen LogP contribution >= 0.6 is 11.6 Å². The molecule has 2 N–H and O–H groups in total. The highest BCUT2D eigenvalue weighted by Crippen LogP contribution is 2.20. The molecule has 0 fully saturated rings. The maximum absolute atomic E-state index is 11.6. The Morgan fingerprint density at radius 3 is 2.73 bits per heavy atom. The van der Waals surface area contributed by atoms with Crippen LogP contribution in [0.15, 0.2) is 0 Å². The summed E-state index contributed by atoms with van der Waals surface area (Å²) in [6, 6.07) is 0. The molecule has 1 aromatic rings. The molecule has 0 spiro atoms. The molecular weight excluding hydrogens is 234 g/mol. The van der Waals surface area contributed by atoms with E-state index in [4.69, 9.17) is 17.3 Å². The molecule has 4 nitrogen and oxygen atoms in total. The highest BCUT2D eigenvalue weighted by Gasteiger charge is 2.13. The van der Waals surface area contributed by atoms with E-state index in [0.717, 1.165) is 17.8 Å². The van der Waals surface area contributed by atoms with Crippen molar-refractivity contribution in [3.63, 3.8) is 0 Å². The Morgan fingerprint density at radius 2 is 2.27 bits per heavy atom. The molecule has 6 heteroatoms. The molecule has 0 aliphatic carbocycles. The van der Waals surface area contributed by atoms with Gasteiger partial charge in [0.25, 0.3) is 0 Å². The number of halogens is 1. The van der Waals surface area contributed by atoms with Crippen molar-refractivity contribution < 1.29 is 4.21 Å². The molecule has 0 amide bonds. The molecule has 86 valence electrons. The summed E-state index contributed by atoms with van der Waals surface area (Å²) in [5.74, 6) is 1.08. The number of rotatable bonds is 5. The van der Waals surface area contributed by atoms with Crippen LogP contribution in [0.5, 0.6) is 0 Å². The molecule has 1 rings (SSSR count). The molecule has 0 radical (unpaired) electrons. The van der Waals surface area contributed by atoms with Crippen LogP contribution < -0.4 is 5.73 Å². The van der Waals surface area contributed by atoms with Gasteiger partial charge in [0.2, 0.25) is 0 Å². The quantitative estimate of drug-likeness (QED) is 0.846. The molecule has 1 unspecified atom stereocenters. The molecule has 0 saturated carbocycles. The summed E-state index contributed by atoms with van der Waals surface area (Å²) in [6.45, 7) is 2.42. The van der Waals surface area contributed by atoms with Crippen LogP contribution in [0.25, 0.3) is 0 Å². The lowest BCUT2D eigenvalue weighted by Crippen LogP contribution is -2.09. The van der Waals surface area contributed by atoms with E-state index in [2.05, 4.69) is 5.10 Å².